The predicted octanol–water partition coefficient (Wildman–Crippen LogP) is 1.73. The van der Waals surface area contributed by atoms with Crippen LogP contribution < -0.4 is 11.3 Å². The molecule has 4 nitrogen and oxygen atoms in total. The number of nitrogen functional groups attached to an aromatic ring is 1. The lowest BCUT2D eigenvalue weighted by Crippen LogP contribution is -2.30. The van der Waals surface area contributed by atoms with E-state index >= 15 is 0 Å². The van der Waals surface area contributed by atoms with E-state index in [0.29, 0.717) is 10.6 Å². The van der Waals surface area contributed by atoms with E-state index in [9.17, 15) is 4.79 Å². The number of aromatic nitrogens is 1. The van der Waals surface area contributed by atoms with Crippen LogP contribution in [-0.2, 0) is 0 Å². The summed E-state index contributed by atoms with van der Waals surface area (Å²) in [5, 5.41) is 0.374. The molecule has 0 spiro atoms. The van der Waals surface area contributed by atoms with E-state index in [1.165, 1.54) is 0 Å². The molecule has 1 heterocycles. The van der Waals surface area contributed by atoms with Crippen LogP contribution in [0.15, 0.2) is 42.7 Å². The largest absolute Gasteiger partial charge is 0.324 e. The van der Waals surface area contributed by atoms with Crippen molar-refractivity contribution < 1.29 is 4.79 Å². The molecule has 0 atom stereocenters. The maximum absolute atomic E-state index is 11.4. The van der Waals surface area contributed by atoms with Crippen molar-refractivity contribution in [2.24, 2.45) is 5.84 Å². The molecular weight excluding hydrogens is 226 g/mol. The number of amides is 1. The quantitative estimate of drug-likeness (QED) is 0.473. The lowest BCUT2D eigenvalue weighted by molar-refractivity contribution is 0.0954. The highest BCUT2D eigenvalue weighted by molar-refractivity contribution is 6.33. The summed E-state index contributed by atoms with van der Waals surface area (Å²) >= 11 is 5.91. The van der Waals surface area contributed by atoms with Gasteiger partial charge < -0.3 is 4.57 Å². The van der Waals surface area contributed by atoms with Crippen LogP contribution in [0.25, 0.3) is 5.69 Å². The molecule has 0 aliphatic rings. The summed E-state index contributed by atoms with van der Waals surface area (Å²) in [7, 11) is 0. The molecule has 0 fully saturated rings. The van der Waals surface area contributed by atoms with E-state index < -0.39 is 5.91 Å². The second-order valence-corrected chi connectivity index (χ2v) is 3.64. The number of hydrogen-bond acceptors (Lipinski definition) is 2. The minimum absolute atomic E-state index is 0.357. The molecule has 5 heteroatoms. The average Bonchev–Trinajstić information content (AvgIpc) is 2.82. The third-order valence-corrected chi connectivity index (χ3v) is 2.56. The van der Waals surface area contributed by atoms with E-state index in [0.717, 1.165) is 5.69 Å². The van der Waals surface area contributed by atoms with Crippen LogP contribution in [0.4, 0.5) is 0 Å². The zero-order chi connectivity index (χ0) is 11.5. The first-order valence-electron chi connectivity index (χ1n) is 4.66. The summed E-state index contributed by atoms with van der Waals surface area (Å²) in [5.41, 5.74) is 3.27. The Bertz CT molecular complexity index is 508. The third-order valence-electron chi connectivity index (χ3n) is 2.23. The van der Waals surface area contributed by atoms with Crippen LogP contribution in [0, 0.1) is 0 Å². The highest BCUT2D eigenvalue weighted by Crippen LogP contribution is 2.19. The Labute approximate surface area is 97.6 Å². The van der Waals surface area contributed by atoms with Crippen molar-refractivity contribution in [3.8, 4) is 5.69 Å². The van der Waals surface area contributed by atoms with Gasteiger partial charge in [0.25, 0.3) is 5.91 Å². The molecular formula is C11H10ClN3O. The lowest BCUT2D eigenvalue weighted by Gasteiger charge is -2.07. The maximum atomic E-state index is 11.4. The Morgan fingerprint density at radius 2 is 2.00 bits per heavy atom. The Kier molecular flexibility index (Phi) is 2.94. The first-order chi connectivity index (χ1) is 7.72. The molecule has 0 radical (unpaired) electrons. The molecule has 0 unspecified atom stereocenters. The number of benzene rings is 1. The van der Waals surface area contributed by atoms with Gasteiger partial charge in [0.2, 0.25) is 0 Å². The monoisotopic (exact) mass is 235 g/mol. The molecule has 1 aromatic carbocycles. The number of rotatable bonds is 2. The Morgan fingerprint density at radius 1 is 1.31 bits per heavy atom. The molecule has 0 saturated carbocycles. The first kappa shape index (κ1) is 10.7. The third kappa shape index (κ3) is 1.93. The Hall–Kier alpha value is -1.78. The summed E-state index contributed by atoms with van der Waals surface area (Å²) in [5.74, 6) is 4.67. The van der Waals surface area contributed by atoms with E-state index in [2.05, 4.69) is 5.43 Å². The van der Waals surface area contributed by atoms with Crippen molar-refractivity contribution in [1.29, 1.82) is 0 Å². The van der Waals surface area contributed by atoms with Crippen LogP contribution in [-0.4, -0.2) is 10.5 Å². The molecule has 16 heavy (non-hydrogen) atoms. The van der Waals surface area contributed by atoms with Crippen molar-refractivity contribution >= 4 is 17.5 Å². The van der Waals surface area contributed by atoms with Crippen molar-refractivity contribution in [3.05, 3.63) is 53.3 Å². The van der Waals surface area contributed by atoms with Crippen LogP contribution in [0.2, 0.25) is 5.02 Å². The molecule has 82 valence electrons. The minimum Gasteiger partial charge on any atom is -0.324 e. The zero-order valence-electron chi connectivity index (χ0n) is 8.35. The average molecular weight is 236 g/mol. The predicted molar refractivity (Wildman–Crippen MR) is 62.4 cm³/mol. The summed E-state index contributed by atoms with van der Waals surface area (Å²) in [6.07, 6.45) is 3.76. The fourth-order valence-corrected chi connectivity index (χ4v) is 1.64. The van der Waals surface area contributed by atoms with Gasteiger partial charge >= 0.3 is 0 Å². The van der Waals surface area contributed by atoms with Gasteiger partial charge in [-0.15, -0.1) is 0 Å². The Balaban J connectivity index is 2.47. The van der Waals surface area contributed by atoms with Gasteiger partial charge in [0.15, 0.2) is 0 Å². The van der Waals surface area contributed by atoms with Gasteiger partial charge in [-0.1, -0.05) is 11.6 Å². The van der Waals surface area contributed by atoms with Crippen molar-refractivity contribution in [3.63, 3.8) is 0 Å². The molecule has 0 bridgehead atoms. The lowest BCUT2D eigenvalue weighted by atomic mass is 10.2. The van der Waals surface area contributed by atoms with Gasteiger partial charge in [0, 0.05) is 18.1 Å². The second-order valence-electron chi connectivity index (χ2n) is 3.23. The summed E-state index contributed by atoms with van der Waals surface area (Å²) in [6.45, 7) is 0. The number of carbonyl (C=O) groups is 1. The summed E-state index contributed by atoms with van der Waals surface area (Å²) in [6, 6.07) is 8.98. The number of nitrogens with two attached hydrogens (primary N) is 1. The molecule has 1 aromatic heterocycles. The van der Waals surface area contributed by atoms with Crippen LogP contribution >= 0.6 is 11.6 Å². The van der Waals surface area contributed by atoms with E-state index in [1.807, 2.05) is 35.2 Å². The van der Waals surface area contributed by atoms with Crippen LogP contribution in [0.1, 0.15) is 10.4 Å². The number of nitrogens with one attached hydrogen (secondary N) is 1. The first-order valence-corrected chi connectivity index (χ1v) is 5.04. The summed E-state index contributed by atoms with van der Waals surface area (Å²) in [4.78, 5) is 11.4. The molecule has 0 aliphatic carbocycles. The van der Waals surface area contributed by atoms with Crippen LogP contribution in [0.3, 0.4) is 0 Å². The van der Waals surface area contributed by atoms with Gasteiger partial charge in [-0.3, -0.25) is 10.2 Å². The molecule has 2 aromatic rings. The SMILES string of the molecule is NNC(=O)c1cc(-n2cccc2)ccc1Cl. The minimum atomic E-state index is -0.404. The maximum Gasteiger partial charge on any atom is 0.266 e. The number of hydrazine groups is 1. The standard InChI is InChI=1S/C11H10ClN3O/c12-10-4-3-8(15-5-1-2-6-15)7-9(10)11(16)14-13/h1-7H,13H2,(H,14,16). The van der Waals surface area contributed by atoms with E-state index in [-0.39, 0.29) is 0 Å². The number of carbonyl (C=O) groups excluding carboxylic acids is 1. The number of halogens is 1. The highest BCUT2D eigenvalue weighted by atomic mass is 35.5. The van der Waals surface area contributed by atoms with Crippen molar-refractivity contribution in [2.75, 3.05) is 0 Å². The molecule has 3 N–H and O–H groups in total. The van der Waals surface area contributed by atoms with Crippen LogP contribution in [0.5, 0.6) is 0 Å². The highest BCUT2D eigenvalue weighted by Gasteiger charge is 2.10. The van der Waals surface area contributed by atoms with Gasteiger partial charge in [-0.2, -0.15) is 0 Å². The van der Waals surface area contributed by atoms with Gasteiger partial charge in [-0.05, 0) is 30.3 Å². The smallest absolute Gasteiger partial charge is 0.266 e. The zero-order valence-corrected chi connectivity index (χ0v) is 9.11. The van der Waals surface area contributed by atoms with E-state index in [4.69, 9.17) is 17.4 Å². The fraction of sp³-hybridized carbons (Fsp3) is 0. The molecule has 2 rings (SSSR count). The van der Waals surface area contributed by atoms with Crippen molar-refractivity contribution in [1.82, 2.24) is 9.99 Å². The summed E-state index contributed by atoms with van der Waals surface area (Å²) < 4.78 is 1.88. The second kappa shape index (κ2) is 4.38. The number of nitrogens with zero attached hydrogens (tertiary/aromatic N) is 1. The number of hydrogen-bond donors (Lipinski definition) is 2. The van der Waals surface area contributed by atoms with Gasteiger partial charge in [0.1, 0.15) is 0 Å². The van der Waals surface area contributed by atoms with Gasteiger partial charge in [0.05, 0.1) is 10.6 Å². The van der Waals surface area contributed by atoms with Crippen molar-refractivity contribution in [2.45, 2.75) is 0 Å². The normalized spacial score (nSPS) is 10.1. The molecule has 1 amide bonds. The Morgan fingerprint density at radius 3 is 2.62 bits per heavy atom. The molecule has 0 aliphatic heterocycles. The topological polar surface area (TPSA) is 60.0 Å². The van der Waals surface area contributed by atoms with E-state index in [1.54, 1.807) is 12.1 Å². The fourth-order valence-electron chi connectivity index (χ4n) is 1.43. The van der Waals surface area contributed by atoms with Gasteiger partial charge in [-0.25, -0.2) is 5.84 Å². The molecule has 0 saturated heterocycles.